The summed E-state index contributed by atoms with van der Waals surface area (Å²) < 4.78 is 0. The van der Waals surface area contributed by atoms with Gasteiger partial charge in [0.05, 0.1) is 0 Å². The summed E-state index contributed by atoms with van der Waals surface area (Å²) in [7, 11) is 0. The zero-order valence-electron chi connectivity index (χ0n) is 5.13. The number of hydrogen-bond acceptors (Lipinski definition) is 2. The maximum atomic E-state index is 10.1. The second-order valence-electron chi connectivity index (χ2n) is 1.75. The van der Waals surface area contributed by atoms with E-state index in [4.69, 9.17) is 0 Å². The molecule has 0 spiro atoms. The van der Waals surface area contributed by atoms with E-state index in [2.05, 4.69) is 0 Å². The van der Waals surface area contributed by atoms with E-state index < -0.39 is 0 Å². The quantitative estimate of drug-likeness (QED) is 0.590. The normalized spacial score (nSPS) is 8.80. The molecule has 0 unspecified atom stereocenters. The van der Waals surface area contributed by atoms with Crippen LogP contribution in [0.2, 0.25) is 0 Å². The van der Waals surface area contributed by atoms with Gasteiger partial charge < -0.3 is 0 Å². The van der Waals surface area contributed by atoms with E-state index in [1.807, 2.05) is 0 Å². The molecule has 10 heavy (non-hydrogen) atoms. The van der Waals surface area contributed by atoms with E-state index in [1.54, 1.807) is 24.7 Å². The monoisotopic (exact) mass is 132 g/mol. The summed E-state index contributed by atoms with van der Waals surface area (Å²) in [5.41, 5.74) is 0.523. The van der Waals surface area contributed by atoms with Crippen molar-refractivity contribution in [2.75, 3.05) is 0 Å². The summed E-state index contributed by atoms with van der Waals surface area (Å²) >= 11 is 0. The molecule has 1 aromatic carbocycles. The maximum absolute atomic E-state index is 10.1. The predicted molar refractivity (Wildman–Crippen MR) is 36.0 cm³/mol. The molecule has 0 aromatic heterocycles. The molecule has 0 heterocycles. The first-order chi connectivity index (χ1) is 4.88. The first kappa shape index (κ1) is 6.68. The third-order valence-corrected chi connectivity index (χ3v) is 1.15. The second kappa shape index (κ2) is 2.92. The second-order valence-corrected chi connectivity index (χ2v) is 1.75. The van der Waals surface area contributed by atoms with Crippen molar-refractivity contribution >= 4 is 12.6 Å². The van der Waals surface area contributed by atoms with Crippen LogP contribution >= 0.6 is 0 Å². The topological polar surface area (TPSA) is 34.1 Å². The largest absolute Gasteiger partial charge is 0.285 e. The Morgan fingerprint density at radius 2 is 1.30 bits per heavy atom. The molecule has 0 aliphatic carbocycles. The lowest BCUT2D eigenvalue weighted by atomic mass is 10.1. The van der Waals surface area contributed by atoms with E-state index in [0.29, 0.717) is 0 Å². The van der Waals surface area contributed by atoms with Crippen molar-refractivity contribution in [1.29, 1.82) is 0 Å². The third-order valence-electron chi connectivity index (χ3n) is 1.15. The molecule has 0 aliphatic heterocycles. The van der Waals surface area contributed by atoms with Crippen LogP contribution in [-0.4, -0.2) is 12.6 Å². The predicted octanol–water partition coefficient (Wildman–Crippen LogP) is 0.602. The van der Waals surface area contributed by atoms with Gasteiger partial charge >= 0.3 is 0 Å². The molecule has 0 atom stereocenters. The van der Waals surface area contributed by atoms with Crippen molar-refractivity contribution in [2.24, 2.45) is 0 Å². The Labute approximate surface area is 58.5 Å². The van der Waals surface area contributed by atoms with Crippen LogP contribution < -0.4 is 0 Å². The molecule has 2 radical (unpaired) electrons. The Hall–Kier alpha value is -1.44. The van der Waals surface area contributed by atoms with Gasteiger partial charge in [-0.15, -0.1) is 0 Å². The number of carbonyl (C=O) groups excluding carboxylic acids is 2. The van der Waals surface area contributed by atoms with Crippen molar-refractivity contribution in [3.05, 3.63) is 35.4 Å². The van der Waals surface area contributed by atoms with Crippen LogP contribution in [0.4, 0.5) is 0 Å². The van der Waals surface area contributed by atoms with Gasteiger partial charge in [0.25, 0.3) is 0 Å². The highest BCUT2D eigenvalue weighted by atomic mass is 16.1. The van der Waals surface area contributed by atoms with Crippen LogP contribution in [-0.2, 0) is 9.59 Å². The van der Waals surface area contributed by atoms with Crippen LogP contribution in [0.3, 0.4) is 0 Å². The lowest BCUT2D eigenvalue weighted by Crippen LogP contribution is -1.88. The van der Waals surface area contributed by atoms with Crippen LogP contribution in [0.5, 0.6) is 0 Å². The Morgan fingerprint density at radius 3 is 1.60 bits per heavy atom. The Morgan fingerprint density at radius 1 is 0.900 bits per heavy atom. The summed E-state index contributed by atoms with van der Waals surface area (Å²) in [6, 6.07) is 6.38. The lowest BCUT2D eigenvalue weighted by Gasteiger charge is -1.89. The van der Waals surface area contributed by atoms with Crippen molar-refractivity contribution in [3.63, 3.8) is 0 Å². The first-order valence-corrected chi connectivity index (χ1v) is 2.74. The van der Waals surface area contributed by atoms with Crippen molar-refractivity contribution in [2.45, 2.75) is 0 Å². The fraction of sp³-hybridized carbons (Fsp3) is 0. The Bertz CT molecular complexity index is 226. The van der Waals surface area contributed by atoms with Gasteiger partial charge in [-0.2, -0.15) is 0 Å². The molecule has 48 valence electrons. The van der Waals surface area contributed by atoms with Crippen LogP contribution in [0.1, 0.15) is 11.1 Å². The van der Waals surface area contributed by atoms with E-state index in [0.717, 1.165) is 0 Å². The van der Waals surface area contributed by atoms with Crippen molar-refractivity contribution in [3.8, 4) is 0 Å². The Kier molecular flexibility index (Phi) is 1.95. The first-order valence-electron chi connectivity index (χ1n) is 2.74. The average Bonchev–Trinajstić information content (AvgIpc) is 2.04. The maximum Gasteiger partial charge on any atom is 0.234 e. The molecule has 2 nitrogen and oxygen atoms in total. The summed E-state index contributed by atoms with van der Waals surface area (Å²) in [5, 5.41) is 0. The third kappa shape index (κ3) is 1.10. The minimum Gasteiger partial charge on any atom is -0.285 e. The summed E-state index contributed by atoms with van der Waals surface area (Å²) in [5.74, 6) is 0. The van der Waals surface area contributed by atoms with Crippen LogP contribution in [0, 0.1) is 0 Å². The fourth-order valence-corrected chi connectivity index (χ4v) is 0.661. The van der Waals surface area contributed by atoms with Gasteiger partial charge in [-0.3, -0.25) is 9.59 Å². The summed E-state index contributed by atoms with van der Waals surface area (Å²) in [6.07, 6.45) is 3.27. The standard InChI is InChI=1S/C8H4O2/c9-5-7-3-1-2-4-8(7)6-10/h1-4H. The molecule has 0 bridgehead atoms. The highest BCUT2D eigenvalue weighted by Gasteiger charge is 1.97. The van der Waals surface area contributed by atoms with E-state index in [1.165, 1.54) is 12.1 Å². The van der Waals surface area contributed by atoms with Crippen LogP contribution in [0.15, 0.2) is 24.3 Å². The molecule has 0 saturated carbocycles. The van der Waals surface area contributed by atoms with E-state index in [9.17, 15) is 9.59 Å². The minimum absolute atomic E-state index is 0.262. The molecular formula is C8H4O2. The van der Waals surface area contributed by atoms with Gasteiger partial charge in [0, 0.05) is 11.1 Å². The molecule has 0 saturated heterocycles. The molecule has 1 rings (SSSR count). The van der Waals surface area contributed by atoms with Gasteiger partial charge in [-0.05, 0) is 0 Å². The molecule has 0 fully saturated rings. The lowest BCUT2D eigenvalue weighted by molar-refractivity contribution is 0.558. The molecule has 1 aromatic rings. The van der Waals surface area contributed by atoms with Gasteiger partial charge in [0.1, 0.15) is 0 Å². The molecule has 0 amide bonds. The number of hydrogen-bond donors (Lipinski definition) is 0. The number of benzene rings is 1. The van der Waals surface area contributed by atoms with Gasteiger partial charge in [0.15, 0.2) is 0 Å². The smallest absolute Gasteiger partial charge is 0.234 e. The highest BCUT2D eigenvalue weighted by Crippen LogP contribution is 2.01. The Balaban J connectivity index is 3.20. The van der Waals surface area contributed by atoms with E-state index in [-0.39, 0.29) is 11.1 Å². The zero-order chi connectivity index (χ0) is 7.40. The zero-order valence-corrected chi connectivity index (χ0v) is 5.13. The van der Waals surface area contributed by atoms with Gasteiger partial charge in [0.2, 0.25) is 12.6 Å². The van der Waals surface area contributed by atoms with Crippen molar-refractivity contribution < 1.29 is 9.59 Å². The highest BCUT2D eigenvalue weighted by molar-refractivity contribution is 5.90. The molecule has 0 aliphatic rings. The van der Waals surface area contributed by atoms with E-state index >= 15 is 0 Å². The van der Waals surface area contributed by atoms with Gasteiger partial charge in [-0.1, -0.05) is 24.3 Å². The summed E-state index contributed by atoms with van der Waals surface area (Å²) in [4.78, 5) is 20.2. The fourth-order valence-electron chi connectivity index (χ4n) is 0.661. The van der Waals surface area contributed by atoms with Gasteiger partial charge in [-0.25, -0.2) is 0 Å². The molecule has 0 N–H and O–H groups in total. The number of rotatable bonds is 2. The SMILES string of the molecule is O=[C]c1ccccc1[C]=O. The van der Waals surface area contributed by atoms with Crippen LogP contribution in [0.25, 0.3) is 0 Å². The van der Waals surface area contributed by atoms with Crippen molar-refractivity contribution in [1.82, 2.24) is 0 Å². The molecule has 2 heteroatoms. The average molecular weight is 132 g/mol. The summed E-state index contributed by atoms with van der Waals surface area (Å²) in [6.45, 7) is 0. The molecular weight excluding hydrogens is 128 g/mol. The minimum atomic E-state index is 0.262.